The zero-order valence-corrected chi connectivity index (χ0v) is 17.5. The number of nitrogens with one attached hydrogen (secondary N) is 2. The lowest BCUT2D eigenvalue weighted by Crippen LogP contribution is -2.43. The Morgan fingerprint density at radius 1 is 1.39 bits per heavy atom. The Balaban J connectivity index is 2.29. The fourth-order valence-electron chi connectivity index (χ4n) is 2.91. The van der Waals surface area contributed by atoms with Gasteiger partial charge in [-0.1, -0.05) is 41.8 Å². The lowest BCUT2D eigenvalue weighted by molar-refractivity contribution is 0.178. The highest BCUT2D eigenvalue weighted by Crippen LogP contribution is 2.24. The van der Waals surface area contributed by atoms with Gasteiger partial charge in [0.25, 0.3) is 0 Å². The van der Waals surface area contributed by atoms with Crippen LogP contribution in [0.4, 0.5) is 4.79 Å². The first-order chi connectivity index (χ1) is 13.5. The molecule has 1 aliphatic carbocycles. The van der Waals surface area contributed by atoms with Gasteiger partial charge in [0.1, 0.15) is 23.2 Å². The van der Waals surface area contributed by atoms with Crippen LogP contribution < -0.4 is 10.6 Å². The number of carbonyl (C=O) groups is 1. The van der Waals surface area contributed by atoms with Crippen molar-refractivity contribution in [3.05, 3.63) is 46.8 Å². The maximum absolute atomic E-state index is 12.3. The number of ether oxygens (including phenoxy) is 1. The fourth-order valence-corrected chi connectivity index (χ4v) is 3.18. The molecule has 2 N–H and O–H groups in total. The largest absolute Gasteiger partial charge is 0.418 e. The standard InChI is InChI=1S/C19H25BrN6O2/c1-5-15(12-21-3)28-19(27)25-17-11-16(23-14-9-7-6-8-10-14)24-18(13(2)20)26(17)22-4/h5,11-12,14H,1,3-4,6-10H2,2H3,(H,23,24)(H,25,27)/b15-12+,18-13+. The number of hydrogen-bond acceptors (Lipinski definition) is 6. The summed E-state index contributed by atoms with van der Waals surface area (Å²) in [4.78, 5) is 20.7. The molecule has 1 fully saturated rings. The maximum atomic E-state index is 12.3. The number of carbonyl (C=O) groups excluding carboxylic acids is 1. The van der Waals surface area contributed by atoms with E-state index in [4.69, 9.17) is 9.73 Å². The molecule has 0 saturated heterocycles. The minimum atomic E-state index is -0.722. The molecule has 0 aromatic heterocycles. The molecule has 0 unspecified atom stereocenters. The Morgan fingerprint density at radius 2 is 2.11 bits per heavy atom. The highest BCUT2D eigenvalue weighted by atomic mass is 79.9. The molecule has 0 aromatic carbocycles. The Morgan fingerprint density at radius 3 is 2.68 bits per heavy atom. The number of hydrazone groups is 1. The molecule has 0 aromatic rings. The number of nitrogens with zero attached hydrogens (tertiary/aromatic N) is 4. The summed E-state index contributed by atoms with van der Waals surface area (Å²) in [6, 6.07) is 0.259. The number of hydrogen-bond donors (Lipinski definition) is 2. The van der Waals surface area contributed by atoms with E-state index in [0.29, 0.717) is 17.5 Å². The van der Waals surface area contributed by atoms with E-state index in [1.54, 1.807) is 6.08 Å². The van der Waals surface area contributed by atoms with E-state index in [2.05, 4.69) is 56.7 Å². The van der Waals surface area contributed by atoms with E-state index in [-0.39, 0.29) is 11.8 Å². The second-order valence-electron chi connectivity index (χ2n) is 6.23. The van der Waals surface area contributed by atoms with Crippen LogP contribution in [-0.2, 0) is 4.74 Å². The fraction of sp³-hybridized carbons (Fsp3) is 0.368. The zero-order valence-electron chi connectivity index (χ0n) is 15.9. The van der Waals surface area contributed by atoms with Crippen LogP contribution in [0.3, 0.4) is 0 Å². The van der Waals surface area contributed by atoms with Gasteiger partial charge >= 0.3 is 6.09 Å². The van der Waals surface area contributed by atoms with Gasteiger partial charge in [0.05, 0.1) is 12.2 Å². The molecule has 1 amide bonds. The highest BCUT2D eigenvalue weighted by molar-refractivity contribution is 9.11. The number of amides is 1. The van der Waals surface area contributed by atoms with Gasteiger partial charge < -0.3 is 10.1 Å². The minimum absolute atomic E-state index is 0.170. The van der Waals surface area contributed by atoms with Crippen molar-refractivity contribution in [2.24, 2.45) is 15.1 Å². The van der Waals surface area contributed by atoms with E-state index >= 15 is 0 Å². The molecule has 0 bridgehead atoms. The molecular formula is C19H25BrN6O2. The van der Waals surface area contributed by atoms with Gasteiger partial charge in [-0.25, -0.2) is 9.80 Å². The van der Waals surface area contributed by atoms with Crippen molar-refractivity contribution in [3.63, 3.8) is 0 Å². The number of halogens is 1. The quantitative estimate of drug-likeness (QED) is 0.363. The van der Waals surface area contributed by atoms with Gasteiger partial charge in [0, 0.05) is 17.3 Å². The Kier molecular flexibility index (Phi) is 8.19. The van der Waals surface area contributed by atoms with Crippen molar-refractivity contribution in [1.29, 1.82) is 0 Å². The third-order valence-corrected chi connectivity index (χ3v) is 4.56. The van der Waals surface area contributed by atoms with Crippen LogP contribution in [0.25, 0.3) is 0 Å². The number of aliphatic imine (C=N–C) groups is 2. The van der Waals surface area contributed by atoms with Crippen molar-refractivity contribution in [1.82, 2.24) is 15.6 Å². The molecule has 9 heteroatoms. The predicted molar refractivity (Wildman–Crippen MR) is 116 cm³/mol. The predicted octanol–water partition coefficient (Wildman–Crippen LogP) is 4.12. The minimum Gasteiger partial charge on any atom is -0.408 e. The van der Waals surface area contributed by atoms with Crippen LogP contribution in [0.2, 0.25) is 0 Å². The molecule has 0 radical (unpaired) electrons. The summed E-state index contributed by atoms with van der Waals surface area (Å²) >= 11 is 3.46. The van der Waals surface area contributed by atoms with Gasteiger partial charge in [-0.05, 0) is 32.6 Å². The summed E-state index contributed by atoms with van der Waals surface area (Å²) in [5.74, 6) is 1.78. The summed E-state index contributed by atoms with van der Waals surface area (Å²) in [5, 5.41) is 11.3. The molecule has 2 rings (SSSR count). The second kappa shape index (κ2) is 10.6. The molecular weight excluding hydrogens is 424 g/mol. The Hall–Kier alpha value is -2.68. The molecule has 8 nitrogen and oxygen atoms in total. The SMILES string of the molecule is C=C/C(=C\N=C)OC(=O)NC1=CC(=NC2CCCCC2)N/C(=C(/C)Br)N1N=C. The summed E-state index contributed by atoms with van der Waals surface area (Å²) in [7, 11) is 0. The van der Waals surface area contributed by atoms with E-state index in [1.807, 2.05) is 6.92 Å². The van der Waals surface area contributed by atoms with E-state index in [0.717, 1.165) is 17.3 Å². The van der Waals surface area contributed by atoms with Crippen LogP contribution in [0, 0.1) is 0 Å². The molecule has 1 aliphatic heterocycles. The normalized spacial score (nSPS) is 21.4. The van der Waals surface area contributed by atoms with Crippen molar-refractivity contribution >= 4 is 41.3 Å². The van der Waals surface area contributed by atoms with Gasteiger partial charge in [-0.3, -0.25) is 15.3 Å². The first kappa shape index (κ1) is 21.6. The maximum Gasteiger partial charge on any atom is 0.418 e. The Labute approximate surface area is 173 Å². The van der Waals surface area contributed by atoms with Crippen molar-refractivity contribution in [2.75, 3.05) is 0 Å². The van der Waals surface area contributed by atoms with E-state index < -0.39 is 6.09 Å². The third-order valence-electron chi connectivity index (χ3n) is 4.18. The van der Waals surface area contributed by atoms with Crippen LogP contribution in [0.1, 0.15) is 39.0 Å². The third kappa shape index (κ3) is 5.91. The van der Waals surface area contributed by atoms with E-state index in [1.165, 1.54) is 36.5 Å². The first-order valence-electron chi connectivity index (χ1n) is 8.95. The molecule has 1 heterocycles. The van der Waals surface area contributed by atoms with Crippen LogP contribution >= 0.6 is 15.9 Å². The number of allylic oxidation sites excluding steroid dienone is 2. The molecule has 1 saturated carbocycles. The molecule has 0 atom stereocenters. The molecule has 0 spiro atoms. The number of alkyl carbamates (subject to hydrolysis) is 1. The van der Waals surface area contributed by atoms with Crippen molar-refractivity contribution in [2.45, 2.75) is 45.1 Å². The molecule has 28 heavy (non-hydrogen) atoms. The number of rotatable bonds is 6. The van der Waals surface area contributed by atoms with Crippen LogP contribution in [-0.4, -0.2) is 36.4 Å². The van der Waals surface area contributed by atoms with Gasteiger partial charge in [0.2, 0.25) is 0 Å². The summed E-state index contributed by atoms with van der Waals surface area (Å²) in [6.45, 7) is 12.3. The van der Waals surface area contributed by atoms with Gasteiger partial charge in [-0.2, -0.15) is 5.10 Å². The first-order valence-corrected chi connectivity index (χ1v) is 9.74. The molecule has 150 valence electrons. The van der Waals surface area contributed by atoms with Gasteiger partial charge in [0.15, 0.2) is 0 Å². The average Bonchev–Trinajstić information content (AvgIpc) is 2.68. The summed E-state index contributed by atoms with van der Waals surface area (Å²) in [5.41, 5.74) is 0. The topological polar surface area (TPSA) is 90.7 Å². The Bertz CT molecular complexity index is 758. The van der Waals surface area contributed by atoms with Gasteiger partial charge in [-0.15, -0.1) is 0 Å². The number of amidine groups is 1. The molecule has 2 aliphatic rings. The lowest BCUT2D eigenvalue weighted by atomic mass is 9.96. The summed E-state index contributed by atoms with van der Waals surface area (Å²) < 4.78 is 5.94. The lowest BCUT2D eigenvalue weighted by Gasteiger charge is -2.31. The smallest absolute Gasteiger partial charge is 0.408 e. The zero-order chi connectivity index (χ0) is 20.5. The monoisotopic (exact) mass is 448 g/mol. The van der Waals surface area contributed by atoms with Crippen molar-refractivity contribution < 1.29 is 9.53 Å². The summed E-state index contributed by atoms with van der Waals surface area (Å²) in [6.07, 6.45) is 9.35. The van der Waals surface area contributed by atoms with E-state index in [9.17, 15) is 4.79 Å². The average molecular weight is 449 g/mol. The highest BCUT2D eigenvalue weighted by Gasteiger charge is 2.25. The second-order valence-corrected chi connectivity index (χ2v) is 7.42. The van der Waals surface area contributed by atoms with Crippen LogP contribution in [0.5, 0.6) is 0 Å². The van der Waals surface area contributed by atoms with Crippen LogP contribution in [0.15, 0.2) is 61.9 Å². The van der Waals surface area contributed by atoms with Crippen molar-refractivity contribution in [3.8, 4) is 0 Å².